The highest BCUT2D eigenvalue weighted by atomic mass is 16.5. The maximum Gasteiger partial charge on any atom is 0.113 e. The van der Waals surface area contributed by atoms with Gasteiger partial charge in [0, 0.05) is 0 Å². The minimum Gasteiger partial charge on any atom is -0.496 e. The predicted molar refractivity (Wildman–Crippen MR) is 63.3 cm³/mol. The molecule has 0 spiro atoms. The van der Waals surface area contributed by atoms with Crippen molar-refractivity contribution < 1.29 is 4.74 Å². The third kappa shape index (κ3) is 2.41. The summed E-state index contributed by atoms with van der Waals surface area (Å²) >= 11 is 0. The quantitative estimate of drug-likeness (QED) is 0.669. The summed E-state index contributed by atoms with van der Waals surface area (Å²) in [6.45, 7) is 7.48. The highest BCUT2D eigenvalue weighted by molar-refractivity contribution is 5.68. The number of rotatable bonds is 1. The van der Waals surface area contributed by atoms with E-state index in [0.717, 1.165) is 6.42 Å². The van der Waals surface area contributed by atoms with Crippen LogP contribution in [0.5, 0.6) is 0 Å². The zero-order valence-electron chi connectivity index (χ0n) is 9.71. The van der Waals surface area contributed by atoms with Crippen molar-refractivity contribution in [3.63, 3.8) is 0 Å². The second-order valence-electron chi connectivity index (χ2n) is 5.35. The summed E-state index contributed by atoms with van der Waals surface area (Å²) in [5.41, 5.74) is 4.29. The van der Waals surface area contributed by atoms with Crippen LogP contribution in [0.3, 0.4) is 0 Å². The molecule has 0 atom stereocenters. The average Bonchev–Trinajstić information content (AvgIpc) is 2.16. The Hall–Kier alpha value is -1.24. The van der Waals surface area contributed by atoms with Crippen LogP contribution < -0.4 is 0 Å². The second kappa shape index (κ2) is 3.73. The van der Waals surface area contributed by atoms with Gasteiger partial charge in [0.1, 0.15) is 6.61 Å². The first-order valence-electron chi connectivity index (χ1n) is 5.45. The van der Waals surface area contributed by atoms with Crippen molar-refractivity contribution >= 4 is 5.57 Å². The fourth-order valence-electron chi connectivity index (χ4n) is 1.96. The topological polar surface area (TPSA) is 9.23 Å². The molecule has 0 radical (unpaired) electrons. The minimum absolute atomic E-state index is 0.305. The molecule has 80 valence electrons. The molecule has 0 saturated heterocycles. The molecule has 0 amide bonds. The van der Waals surface area contributed by atoms with E-state index in [-0.39, 0.29) is 0 Å². The van der Waals surface area contributed by atoms with Crippen LogP contribution in [0.1, 0.15) is 38.3 Å². The molecule has 0 aliphatic carbocycles. The van der Waals surface area contributed by atoms with Crippen LogP contribution in [-0.2, 0) is 11.3 Å². The molecule has 0 N–H and O–H groups in total. The third-order valence-electron chi connectivity index (χ3n) is 2.55. The van der Waals surface area contributed by atoms with Gasteiger partial charge in [-0.25, -0.2) is 0 Å². The van der Waals surface area contributed by atoms with Gasteiger partial charge in [0.05, 0.1) is 6.26 Å². The van der Waals surface area contributed by atoms with Crippen molar-refractivity contribution in [2.75, 3.05) is 0 Å². The number of hydrogen-bond acceptors (Lipinski definition) is 1. The molecule has 1 heterocycles. The van der Waals surface area contributed by atoms with Crippen molar-refractivity contribution in [2.45, 2.75) is 33.8 Å². The molecule has 1 aliphatic heterocycles. The maximum atomic E-state index is 5.49. The molecule has 1 nitrogen and oxygen atoms in total. The van der Waals surface area contributed by atoms with Gasteiger partial charge in [0.15, 0.2) is 0 Å². The van der Waals surface area contributed by atoms with E-state index in [9.17, 15) is 0 Å². The van der Waals surface area contributed by atoms with Crippen LogP contribution in [0.15, 0.2) is 30.5 Å². The summed E-state index contributed by atoms with van der Waals surface area (Å²) in [5, 5.41) is 0. The Balaban J connectivity index is 2.31. The van der Waals surface area contributed by atoms with Crippen molar-refractivity contribution in [3.05, 3.63) is 41.7 Å². The van der Waals surface area contributed by atoms with Gasteiger partial charge in [-0.2, -0.15) is 0 Å². The minimum atomic E-state index is 0.305. The number of fused-ring (bicyclic) bond motifs is 1. The Kier molecular flexibility index (Phi) is 2.56. The van der Waals surface area contributed by atoms with Gasteiger partial charge in [-0.3, -0.25) is 0 Å². The molecule has 0 aromatic heterocycles. The fourth-order valence-corrected chi connectivity index (χ4v) is 1.96. The lowest BCUT2D eigenvalue weighted by Gasteiger charge is -2.24. The van der Waals surface area contributed by atoms with Crippen LogP contribution in [0, 0.1) is 5.41 Å². The molecule has 0 bridgehead atoms. The van der Waals surface area contributed by atoms with Gasteiger partial charge in [0.25, 0.3) is 0 Å². The van der Waals surface area contributed by atoms with Gasteiger partial charge in [-0.05, 0) is 28.5 Å². The molecule has 2 rings (SSSR count). The molecule has 1 aromatic rings. The summed E-state index contributed by atoms with van der Waals surface area (Å²) in [6, 6.07) is 8.50. The molecule has 1 aromatic carbocycles. The molecule has 1 aliphatic rings. The Morgan fingerprint density at radius 3 is 2.67 bits per heavy atom. The lowest BCUT2D eigenvalue weighted by atomic mass is 9.84. The standard InChI is InChI=1S/C14H18O/c1-14(2,3)8-12-10-15-9-11-6-4-5-7-13(11)12/h4-7,10H,8-9H2,1-3H3. The van der Waals surface area contributed by atoms with Crippen LogP contribution in [-0.4, -0.2) is 0 Å². The monoisotopic (exact) mass is 202 g/mol. The zero-order chi connectivity index (χ0) is 10.9. The number of allylic oxidation sites excluding steroid dienone is 1. The number of ether oxygens (including phenoxy) is 1. The molecule has 0 fully saturated rings. The maximum absolute atomic E-state index is 5.49. The first kappa shape index (κ1) is 10.3. The molecule has 15 heavy (non-hydrogen) atoms. The van der Waals surface area contributed by atoms with Gasteiger partial charge < -0.3 is 4.74 Å². The Bertz CT molecular complexity index is 383. The highest BCUT2D eigenvalue weighted by Gasteiger charge is 2.19. The zero-order valence-corrected chi connectivity index (χ0v) is 9.71. The largest absolute Gasteiger partial charge is 0.496 e. The van der Waals surface area contributed by atoms with Crippen molar-refractivity contribution in [2.24, 2.45) is 5.41 Å². The summed E-state index contributed by atoms with van der Waals surface area (Å²) in [7, 11) is 0. The Morgan fingerprint density at radius 1 is 1.20 bits per heavy atom. The second-order valence-corrected chi connectivity index (χ2v) is 5.35. The smallest absolute Gasteiger partial charge is 0.113 e. The average molecular weight is 202 g/mol. The molecule has 1 heteroatoms. The number of benzene rings is 1. The van der Waals surface area contributed by atoms with Crippen LogP contribution in [0.2, 0.25) is 0 Å². The van der Waals surface area contributed by atoms with E-state index in [1.165, 1.54) is 16.7 Å². The summed E-state index contributed by atoms with van der Waals surface area (Å²) in [5.74, 6) is 0. The van der Waals surface area contributed by atoms with E-state index in [1.807, 2.05) is 6.26 Å². The first-order valence-corrected chi connectivity index (χ1v) is 5.45. The van der Waals surface area contributed by atoms with Crippen LogP contribution >= 0.6 is 0 Å². The van der Waals surface area contributed by atoms with E-state index in [0.29, 0.717) is 12.0 Å². The van der Waals surface area contributed by atoms with Crippen LogP contribution in [0.4, 0.5) is 0 Å². The lowest BCUT2D eigenvalue weighted by Crippen LogP contribution is -2.09. The number of hydrogen-bond donors (Lipinski definition) is 0. The Morgan fingerprint density at radius 2 is 1.93 bits per heavy atom. The van der Waals surface area contributed by atoms with Crippen molar-refractivity contribution in [1.29, 1.82) is 0 Å². The van der Waals surface area contributed by atoms with Crippen molar-refractivity contribution in [1.82, 2.24) is 0 Å². The lowest BCUT2D eigenvalue weighted by molar-refractivity contribution is 0.230. The van der Waals surface area contributed by atoms with E-state index in [4.69, 9.17) is 4.74 Å². The predicted octanol–water partition coefficient (Wildman–Crippen LogP) is 3.99. The third-order valence-corrected chi connectivity index (χ3v) is 2.55. The van der Waals surface area contributed by atoms with E-state index in [2.05, 4.69) is 45.0 Å². The van der Waals surface area contributed by atoms with Gasteiger partial charge in [0.2, 0.25) is 0 Å². The summed E-state index contributed by atoms with van der Waals surface area (Å²) < 4.78 is 5.49. The Labute approximate surface area is 91.8 Å². The normalized spacial score (nSPS) is 15.3. The SMILES string of the molecule is CC(C)(C)CC1=COCc2ccccc21. The molecule has 0 saturated carbocycles. The van der Waals surface area contributed by atoms with Crippen LogP contribution in [0.25, 0.3) is 5.57 Å². The van der Waals surface area contributed by atoms with E-state index < -0.39 is 0 Å². The van der Waals surface area contributed by atoms with Gasteiger partial charge >= 0.3 is 0 Å². The van der Waals surface area contributed by atoms with Gasteiger partial charge in [-0.1, -0.05) is 45.0 Å². The molecular weight excluding hydrogens is 184 g/mol. The fraction of sp³-hybridized carbons (Fsp3) is 0.429. The van der Waals surface area contributed by atoms with E-state index >= 15 is 0 Å². The molecule has 0 unspecified atom stereocenters. The van der Waals surface area contributed by atoms with Gasteiger partial charge in [-0.15, -0.1) is 0 Å². The van der Waals surface area contributed by atoms with E-state index in [1.54, 1.807) is 0 Å². The summed E-state index contributed by atoms with van der Waals surface area (Å²) in [4.78, 5) is 0. The van der Waals surface area contributed by atoms with Crippen molar-refractivity contribution in [3.8, 4) is 0 Å². The molecular formula is C14H18O. The highest BCUT2D eigenvalue weighted by Crippen LogP contribution is 2.34. The summed E-state index contributed by atoms with van der Waals surface area (Å²) in [6.07, 6.45) is 2.98. The first-order chi connectivity index (χ1) is 7.06.